The average molecular weight is 281 g/mol. The molecule has 1 heterocycles. The summed E-state index contributed by atoms with van der Waals surface area (Å²) in [5.41, 5.74) is 0.992. The molecule has 1 nitrogen and oxygen atoms in total. The van der Waals surface area contributed by atoms with Gasteiger partial charge in [-0.1, -0.05) is 24.3 Å². The highest BCUT2D eigenvalue weighted by Gasteiger charge is 2.32. The zero-order chi connectivity index (χ0) is 14.3. The second-order valence-corrected chi connectivity index (χ2v) is 4.80. The van der Waals surface area contributed by atoms with E-state index >= 15 is 0 Å². The molecule has 0 spiro atoms. The van der Waals surface area contributed by atoms with Crippen molar-refractivity contribution < 1.29 is 17.6 Å². The van der Waals surface area contributed by atoms with Crippen molar-refractivity contribution in [2.45, 2.75) is 18.6 Å². The third kappa shape index (κ3) is 2.24. The largest absolute Gasteiger partial charge is 0.416 e. The summed E-state index contributed by atoms with van der Waals surface area (Å²) in [6, 6.07) is 9.52. The van der Waals surface area contributed by atoms with Crippen LogP contribution in [0.3, 0.4) is 0 Å². The summed E-state index contributed by atoms with van der Waals surface area (Å²) in [6.45, 7) is 0. The van der Waals surface area contributed by atoms with E-state index in [-0.39, 0.29) is 11.9 Å². The molecular formula is C15H11F4N. The summed E-state index contributed by atoms with van der Waals surface area (Å²) in [6.07, 6.45) is -3.89. The Kier molecular flexibility index (Phi) is 2.92. The van der Waals surface area contributed by atoms with Crippen LogP contribution in [0.15, 0.2) is 42.5 Å². The smallest absolute Gasteiger partial charge is 0.375 e. The quantitative estimate of drug-likeness (QED) is 0.756. The van der Waals surface area contributed by atoms with Crippen LogP contribution < -0.4 is 5.32 Å². The number of benzene rings is 2. The number of para-hydroxylation sites is 1. The van der Waals surface area contributed by atoms with Crippen LogP contribution in [0.5, 0.6) is 0 Å². The predicted octanol–water partition coefficient (Wildman–Crippen LogP) is 4.55. The Morgan fingerprint density at radius 3 is 2.50 bits per heavy atom. The summed E-state index contributed by atoms with van der Waals surface area (Å²) >= 11 is 0. The molecule has 3 rings (SSSR count). The first-order valence-corrected chi connectivity index (χ1v) is 6.16. The number of alkyl halides is 3. The molecule has 0 bridgehead atoms. The molecule has 1 unspecified atom stereocenters. The van der Waals surface area contributed by atoms with Gasteiger partial charge in [0.1, 0.15) is 5.82 Å². The predicted molar refractivity (Wildman–Crippen MR) is 67.9 cm³/mol. The number of nitrogens with one attached hydrogen (secondary N) is 1. The first kappa shape index (κ1) is 13.0. The van der Waals surface area contributed by atoms with E-state index in [0.29, 0.717) is 17.7 Å². The van der Waals surface area contributed by atoms with Crippen molar-refractivity contribution in [2.75, 3.05) is 5.32 Å². The minimum absolute atomic E-state index is 0.329. The minimum Gasteiger partial charge on any atom is -0.375 e. The fraction of sp³-hybridized carbons (Fsp3) is 0.200. The summed E-state index contributed by atoms with van der Waals surface area (Å²) in [5, 5.41) is 2.96. The lowest BCUT2D eigenvalue weighted by molar-refractivity contribution is -0.137. The van der Waals surface area contributed by atoms with Crippen LogP contribution in [0.2, 0.25) is 0 Å². The average Bonchev–Trinajstić information content (AvgIpc) is 2.83. The van der Waals surface area contributed by atoms with Crippen LogP contribution in [0, 0.1) is 5.82 Å². The lowest BCUT2D eigenvalue weighted by Crippen LogP contribution is -2.10. The molecule has 104 valence electrons. The molecular weight excluding hydrogens is 270 g/mol. The van der Waals surface area contributed by atoms with E-state index in [4.69, 9.17) is 0 Å². The van der Waals surface area contributed by atoms with Gasteiger partial charge in [-0.25, -0.2) is 4.39 Å². The molecule has 0 aliphatic carbocycles. The number of rotatable bonds is 1. The Bertz CT molecular complexity index is 649. The fourth-order valence-electron chi connectivity index (χ4n) is 2.48. The second kappa shape index (κ2) is 4.51. The molecule has 1 atom stereocenters. The Hall–Kier alpha value is -2.04. The summed E-state index contributed by atoms with van der Waals surface area (Å²) in [4.78, 5) is 0. The van der Waals surface area contributed by atoms with Crippen LogP contribution in [-0.4, -0.2) is 0 Å². The van der Waals surface area contributed by atoms with Crippen molar-refractivity contribution in [3.05, 3.63) is 65.0 Å². The molecule has 1 aliphatic rings. The van der Waals surface area contributed by atoms with Gasteiger partial charge in [-0.15, -0.1) is 0 Å². The maximum absolute atomic E-state index is 13.6. The molecule has 0 saturated heterocycles. The highest BCUT2D eigenvalue weighted by atomic mass is 19.4. The zero-order valence-corrected chi connectivity index (χ0v) is 10.3. The Labute approximate surface area is 113 Å². The third-order valence-electron chi connectivity index (χ3n) is 3.46. The van der Waals surface area contributed by atoms with Gasteiger partial charge in [0, 0.05) is 0 Å². The Morgan fingerprint density at radius 2 is 1.80 bits per heavy atom. The van der Waals surface area contributed by atoms with Crippen molar-refractivity contribution in [3.8, 4) is 0 Å². The van der Waals surface area contributed by atoms with Crippen molar-refractivity contribution in [1.82, 2.24) is 0 Å². The normalized spacial score (nSPS) is 17.7. The maximum Gasteiger partial charge on any atom is 0.416 e. The fourth-order valence-corrected chi connectivity index (χ4v) is 2.48. The van der Waals surface area contributed by atoms with E-state index in [2.05, 4.69) is 5.32 Å². The highest BCUT2D eigenvalue weighted by Crippen LogP contribution is 2.37. The van der Waals surface area contributed by atoms with E-state index < -0.39 is 11.7 Å². The first-order chi connectivity index (χ1) is 9.45. The monoisotopic (exact) mass is 281 g/mol. The molecule has 2 aromatic carbocycles. The number of halogens is 4. The van der Waals surface area contributed by atoms with Crippen molar-refractivity contribution >= 4 is 5.69 Å². The Balaban J connectivity index is 1.92. The third-order valence-corrected chi connectivity index (χ3v) is 3.46. The van der Waals surface area contributed by atoms with Gasteiger partial charge in [0.05, 0.1) is 17.3 Å². The second-order valence-electron chi connectivity index (χ2n) is 4.80. The molecule has 20 heavy (non-hydrogen) atoms. The molecule has 1 N–H and O–H groups in total. The number of anilines is 1. The van der Waals surface area contributed by atoms with Crippen LogP contribution in [0.4, 0.5) is 23.2 Å². The maximum atomic E-state index is 13.6. The SMILES string of the molecule is Fc1cccc2c1NC(c1cccc(C(F)(F)F)c1)C2. The van der Waals surface area contributed by atoms with Crippen molar-refractivity contribution in [2.24, 2.45) is 0 Å². The molecule has 0 radical (unpaired) electrons. The molecule has 2 aromatic rings. The minimum atomic E-state index is -4.37. The summed E-state index contributed by atoms with van der Waals surface area (Å²) < 4.78 is 51.7. The topological polar surface area (TPSA) is 12.0 Å². The van der Waals surface area contributed by atoms with Gasteiger partial charge < -0.3 is 5.32 Å². The van der Waals surface area contributed by atoms with E-state index in [1.54, 1.807) is 18.2 Å². The lowest BCUT2D eigenvalue weighted by Gasteiger charge is -2.14. The van der Waals surface area contributed by atoms with Gasteiger partial charge in [-0.3, -0.25) is 0 Å². The molecule has 0 saturated carbocycles. The Morgan fingerprint density at radius 1 is 1.05 bits per heavy atom. The zero-order valence-electron chi connectivity index (χ0n) is 10.3. The van der Waals surface area contributed by atoms with Crippen LogP contribution in [0.1, 0.15) is 22.7 Å². The van der Waals surface area contributed by atoms with Crippen LogP contribution in [0.25, 0.3) is 0 Å². The molecule has 0 amide bonds. The van der Waals surface area contributed by atoms with Gasteiger partial charge in [0.25, 0.3) is 0 Å². The van der Waals surface area contributed by atoms with Gasteiger partial charge in [0.15, 0.2) is 0 Å². The summed E-state index contributed by atoms with van der Waals surface area (Å²) in [7, 11) is 0. The number of fused-ring (bicyclic) bond motifs is 1. The van der Waals surface area contributed by atoms with Crippen molar-refractivity contribution in [1.29, 1.82) is 0 Å². The standard InChI is InChI=1S/C15H11F4N/c16-12-6-2-4-10-8-13(20-14(10)12)9-3-1-5-11(7-9)15(17,18)19/h1-7,13,20H,8H2. The first-order valence-electron chi connectivity index (χ1n) is 6.16. The molecule has 5 heteroatoms. The molecule has 0 fully saturated rings. The number of hydrogen-bond donors (Lipinski definition) is 1. The van der Waals surface area contributed by atoms with E-state index in [1.807, 2.05) is 0 Å². The summed E-state index contributed by atoms with van der Waals surface area (Å²) in [5.74, 6) is -0.378. The van der Waals surface area contributed by atoms with E-state index in [1.165, 1.54) is 12.1 Å². The van der Waals surface area contributed by atoms with Gasteiger partial charge in [-0.2, -0.15) is 13.2 Å². The van der Waals surface area contributed by atoms with Gasteiger partial charge >= 0.3 is 6.18 Å². The van der Waals surface area contributed by atoms with Gasteiger partial charge in [-0.05, 0) is 35.7 Å². The lowest BCUT2D eigenvalue weighted by atomic mass is 10.0. The molecule has 1 aliphatic heterocycles. The van der Waals surface area contributed by atoms with Crippen LogP contribution >= 0.6 is 0 Å². The van der Waals surface area contributed by atoms with Gasteiger partial charge in [0.2, 0.25) is 0 Å². The van der Waals surface area contributed by atoms with E-state index in [9.17, 15) is 17.6 Å². The highest BCUT2D eigenvalue weighted by molar-refractivity contribution is 5.59. The molecule has 0 aromatic heterocycles. The van der Waals surface area contributed by atoms with E-state index in [0.717, 1.165) is 17.7 Å². The van der Waals surface area contributed by atoms with Crippen molar-refractivity contribution in [3.63, 3.8) is 0 Å². The van der Waals surface area contributed by atoms with Crippen LogP contribution in [-0.2, 0) is 12.6 Å². The number of hydrogen-bond acceptors (Lipinski definition) is 1.